The van der Waals surface area contributed by atoms with Crippen LogP contribution in [0.3, 0.4) is 0 Å². The van der Waals surface area contributed by atoms with Crippen molar-refractivity contribution in [2.45, 2.75) is 5.41 Å². The van der Waals surface area contributed by atoms with Crippen LogP contribution in [0, 0.1) is 0 Å². The van der Waals surface area contributed by atoms with Gasteiger partial charge in [-0.25, -0.2) is 0 Å². The summed E-state index contributed by atoms with van der Waals surface area (Å²) in [5.41, 5.74) is 16.5. The van der Waals surface area contributed by atoms with Gasteiger partial charge in [0.2, 0.25) is 0 Å². The van der Waals surface area contributed by atoms with Crippen LogP contribution in [0.1, 0.15) is 22.3 Å². The first-order valence-corrected chi connectivity index (χ1v) is 21.0. The van der Waals surface area contributed by atoms with E-state index in [1.165, 1.54) is 55.3 Å². The van der Waals surface area contributed by atoms with E-state index in [9.17, 15) is 0 Å². The highest BCUT2D eigenvalue weighted by atomic mass is 16.3. The third kappa shape index (κ3) is 5.50. The average Bonchev–Trinajstić information content (AvgIpc) is 3.86. The van der Waals surface area contributed by atoms with Crippen LogP contribution in [0.15, 0.2) is 241 Å². The molecule has 1 aromatic heterocycles. The summed E-state index contributed by atoms with van der Waals surface area (Å²) in [4.78, 5) is 2.44. The van der Waals surface area contributed by atoms with Crippen molar-refractivity contribution >= 4 is 49.8 Å². The number of rotatable bonds is 7. The van der Waals surface area contributed by atoms with Gasteiger partial charge in [-0.3, -0.25) is 0 Å². The molecule has 0 amide bonds. The molecule has 1 aliphatic carbocycles. The maximum Gasteiger partial charge on any atom is 0.143 e. The number of benzene rings is 10. The smallest absolute Gasteiger partial charge is 0.143 e. The van der Waals surface area contributed by atoms with Gasteiger partial charge in [-0.05, 0) is 97.7 Å². The Hall–Kier alpha value is -7.94. The summed E-state index contributed by atoms with van der Waals surface area (Å²) in [6.45, 7) is 0. The summed E-state index contributed by atoms with van der Waals surface area (Å²) < 4.78 is 6.68. The summed E-state index contributed by atoms with van der Waals surface area (Å²) in [7, 11) is 0. The van der Waals surface area contributed by atoms with Crippen LogP contribution in [0.25, 0.3) is 66.1 Å². The van der Waals surface area contributed by atoms with Gasteiger partial charge in [-0.15, -0.1) is 0 Å². The highest BCUT2D eigenvalue weighted by Gasteiger charge is 2.46. The standard InChI is InChI=1S/C59H39NO/c1-3-18-44(19-4-1)59(45-20-5-2-6-21-45)54-27-12-9-22-48(54)49-37-36-47(39-55(49)59)60(46-34-32-41(33-35-46)43-31-30-40-16-7-8-17-42(40)38-43)56-28-13-10-23-50(56)52-25-15-26-53-51-24-11-14-29-57(51)61-58(52)53/h1-39H. The van der Waals surface area contributed by atoms with Gasteiger partial charge < -0.3 is 9.32 Å². The summed E-state index contributed by atoms with van der Waals surface area (Å²) in [5.74, 6) is 0. The van der Waals surface area contributed by atoms with Crippen molar-refractivity contribution in [1.29, 1.82) is 0 Å². The van der Waals surface area contributed by atoms with E-state index in [2.05, 4.69) is 235 Å². The number of fused-ring (bicyclic) bond motifs is 7. The largest absolute Gasteiger partial charge is 0.455 e. The van der Waals surface area contributed by atoms with Crippen LogP contribution in [0.2, 0.25) is 0 Å². The minimum atomic E-state index is -0.532. The number of anilines is 3. The van der Waals surface area contributed by atoms with E-state index in [-0.39, 0.29) is 0 Å². The number of hydrogen-bond donors (Lipinski definition) is 0. The average molecular weight is 778 g/mol. The molecule has 1 aliphatic rings. The second-order valence-corrected chi connectivity index (χ2v) is 16.0. The molecule has 0 spiro atoms. The molecule has 10 aromatic carbocycles. The Morgan fingerprint density at radius 3 is 1.74 bits per heavy atom. The molecule has 0 saturated carbocycles. The second kappa shape index (κ2) is 14.1. The topological polar surface area (TPSA) is 16.4 Å². The van der Waals surface area contributed by atoms with Crippen LogP contribution >= 0.6 is 0 Å². The second-order valence-electron chi connectivity index (χ2n) is 16.0. The molecule has 12 rings (SSSR count). The van der Waals surface area contributed by atoms with Gasteiger partial charge in [0, 0.05) is 33.3 Å². The summed E-state index contributed by atoms with van der Waals surface area (Å²) in [6.07, 6.45) is 0. The highest BCUT2D eigenvalue weighted by molar-refractivity contribution is 6.11. The van der Waals surface area contributed by atoms with Gasteiger partial charge in [0.25, 0.3) is 0 Å². The van der Waals surface area contributed by atoms with Crippen molar-refractivity contribution in [3.05, 3.63) is 259 Å². The summed E-state index contributed by atoms with van der Waals surface area (Å²) in [6, 6.07) is 86.1. The Kier molecular flexibility index (Phi) is 8.11. The first-order chi connectivity index (χ1) is 30.3. The van der Waals surface area contributed by atoms with Crippen molar-refractivity contribution in [2.75, 3.05) is 4.90 Å². The number of nitrogens with zero attached hydrogens (tertiary/aromatic N) is 1. The molecule has 0 saturated heterocycles. The lowest BCUT2D eigenvalue weighted by Crippen LogP contribution is -2.28. The van der Waals surface area contributed by atoms with Gasteiger partial charge in [0.15, 0.2) is 0 Å². The number of para-hydroxylation sites is 3. The zero-order chi connectivity index (χ0) is 40.3. The van der Waals surface area contributed by atoms with Crippen LogP contribution in [0.4, 0.5) is 17.1 Å². The van der Waals surface area contributed by atoms with Gasteiger partial charge in [0.05, 0.1) is 11.1 Å². The fourth-order valence-corrected chi connectivity index (χ4v) is 10.0. The number of hydrogen-bond acceptors (Lipinski definition) is 2. The molecule has 0 aliphatic heterocycles. The molecular formula is C59H39NO. The fraction of sp³-hybridized carbons (Fsp3) is 0.0169. The molecule has 2 heteroatoms. The quantitative estimate of drug-likeness (QED) is 0.160. The molecule has 0 atom stereocenters. The van der Waals surface area contributed by atoms with E-state index >= 15 is 0 Å². The molecule has 0 fully saturated rings. The fourth-order valence-electron chi connectivity index (χ4n) is 10.0. The Morgan fingerprint density at radius 1 is 0.344 bits per heavy atom. The first kappa shape index (κ1) is 35.0. The molecule has 0 radical (unpaired) electrons. The Balaban J connectivity index is 1.10. The Morgan fingerprint density at radius 2 is 0.934 bits per heavy atom. The molecular weight excluding hydrogens is 739 g/mol. The SMILES string of the molecule is c1ccc(C2(c3ccccc3)c3ccccc3-c3ccc(N(c4ccc(-c5ccc6ccccc6c5)cc4)c4ccccc4-c4cccc5c4oc4ccccc45)cc32)cc1. The molecule has 0 unspecified atom stereocenters. The molecule has 11 aromatic rings. The monoisotopic (exact) mass is 777 g/mol. The third-order valence-electron chi connectivity index (χ3n) is 12.7. The number of furan rings is 1. The van der Waals surface area contributed by atoms with Crippen molar-refractivity contribution in [3.8, 4) is 33.4 Å². The van der Waals surface area contributed by atoms with Gasteiger partial charge in [-0.1, -0.05) is 194 Å². The zero-order valence-electron chi connectivity index (χ0n) is 33.4. The first-order valence-electron chi connectivity index (χ1n) is 21.0. The van der Waals surface area contributed by atoms with Gasteiger partial charge in [0.1, 0.15) is 11.2 Å². The van der Waals surface area contributed by atoms with E-state index < -0.39 is 5.41 Å². The van der Waals surface area contributed by atoms with E-state index in [4.69, 9.17) is 4.42 Å². The molecule has 286 valence electrons. The minimum Gasteiger partial charge on any atom is -0.455 e. The molecule has 0 N–H and O–H groups in total. The van der Waals surface area contributed by atoms with E-state index in [1.54, 1.807) is 0 Å². The highest BCUT2D eigenvalue weighted by Crippen LogP contribution is 2.57. The van der Waals surface area contributed by atoms with Crippen LogP contribution < -0.4 is 4.90 Å². The molecule has 1 heterocycles. The van der Waals surface area contributed by atoms with Crippen molar-refractivity contribution in [1.82, 2.24) is 0 Å². The van der Waals surface area contributed by atoms with Crippen molar-refractivity contribution < 1.29 is 4.42 Å². The molecule has 0 bridgehead atoms. The van der Waals surface area contributed by atoms with E-state index in [1.807, 2.05) is 6.07 Å². The van der Waals surface area contributed by atoms with Crippen LogP contribution in [-0.2, 0) is 5.41 Å². The van der Waals surface area contributed by atoms with Crippen LogP contribution in [0.5, 0.6) is 0 Å². The van der Waals surface area contributed by atoms with Gasteiger partial charge >= 0.3 is 0 Å². The predicted molar refractivity (Wildman–Crippen MR) is 254 cm³/mol. The summed E-state index contributed by atoms with van der Waals surface area (Å²) >= 11 is 0. The third-order valence-corrected chi connectivity index (χ3v) is 12.7. The normalized spacial score (nSPS) is 12.7. The molecule has 2 nitrogen and oxygen atoms in total. The zero-order valence-corrected chi connectivity index (χ0v) is 33.4. The molecule has 61 heavy (non-hydrogen) atoms. The Labute approximate surface area is 355 Å². The lowest BCUT2D eigenvalue weighted by atomic mass is 9.67. The lowest BCUT2D eigenvalue weighted by Gasteiger charge is -2.35. The van der Waals surface area contributed by atoms with Crippen molar-refractivity contribution in [3.63, 3.8) is 0 Å². The predicted octanol–water partition coefficient (Wildman–Crippen LogP) is 15.9. The maximum absolute atomic E-state index is 6.68. The van der Waals surface area contributed by atoms with E-state index in [0.717, 1.165) is 50.1 Å². The van der Waals surface area contributed by atoms with Crippen molar-refractivity contribution in [2.24, 2.45) is 0 Å². The Bertz CT molecular complexity index is 3380. The van der Waals surface area contributed by atoms with E-state index in [0.29, 0.717) is 0 Å². The lowest BCUT2D eigenvalue weighted by molar-refractivity contribution is 0.670. The van der Waals surface area contributed by atoms with Gasteiger partial charge in [-0.2, -0.15) is 0 Å². The van der Waals surface area contributed by atoms with Crippen LogP contribution in [-0.4, -0.2) is 0 Å². The summed E-state index contributed by atoms with van der Waals surface area (Å²) in [5, 5.41) is 4.71. The maximum atomic E-state index is 6.68. The minimum absolute atomic E-state index is 0.532.